The van der Waals surface area contributed by atoms with E-state index in [9.17, 15) is 14.7 Å². The lowest BCUT2D eigenvalue weighted by Gasteiger charge is -2.34. The van der Waals surface area contributed by atoms with Crippen molar-refractivity contribution in [3.63, 3.8) is 0 Å². The number of carbonyl (C=O) groups is 2. The fraction of sp³-hybridized carbons (Fsp3) is 0.571. The van der Waals surface area contributed by atoms with Crippen LogP contribution >= 0.6 is 0 Å². The van der Waals surface area contributed by atoms with E-state index in [0.717, 1.165) is 25.7 Å². The molecule has 20 heavy (non-hydrogen) atoms. The molecule has 1 aliphatic heterocycles. The number of carboxylic acid groups (broad SMARTS) is 1. The third-order valence-electron chi connectivity index (χ3n) is 4.56. The van der Waals surface area contributed by atoms with Crippen LogP contribution in [-0.4, -0.2) is 44.9 Å². The van der Waals surface area contributed by atoms with Crippen LogP contribution in [0.2, 0.25) is 0 Å². The highest BCUT2D eigenvalue weighted by Crippen LogP contribution is 2.55. The fourth-order valence-electron chi connectivity index (χ4n) is 3.14. The zero-order chi connectivity index (χ0) is 14.2. The first-order valence-corrected chi connectivity index (χ1v) is 6.92. The molecule has 0 bridgehead atoms. The average molecular weight is 275 g/mol. The summed E-state index contributed by atoms with van der Waals surface area (Å²) >= 11 is 0. The molecular weight excluding hydrogens is 258 g/mol. The SMILES string of the molecule is O=C(c1cnccn1)N1CCC(C2(C(=O)O)CC2)CC1. The van der Waals surface area contributed by atoms with Gasteiger partial charge in [0.1, 0.15) is 5.69 Å². The molecule has 1 amide bonds. The molecular formula is C14H17N3O3. The zero-order valence-corrected chi connectivity index (χ0v) is 11.2. The number of aliphatic carboxylic acids is 1. The highest BCUT2D eigenvalue weighted by molar-refractivity contribution is 5.92. The topological polar surface area (TPSA) is 83.4 Å². The van der Waals surface area contributed by atoms with E-state index in [1.54, 1.807) is 4.90 Å². The van der Waals surface area contributed by atoms with Crippen LogP contribution in [0.5, 0.6) is 0 Å². The first-order valence-electron chi connectivity index (χ1n) is 6.92. The molecule has 3 rings (SSSR count). The predicted molar refractivity (Wildman–Crippen MR) is 70.0 cm³/mol. The van der Waals surface area contributed by atoms with Gasteiger partial charge in [0.15, 0.2) is 0 Å². The second-order valence-corrected chi connectivity index (χ2v) is 5.62. The van der Waals surface area contributed by atoms with Crippen molar-refractivity contribution in [3.8, 4) is 0 Å². The number of amides is 1. The van der Waals surface area contributed by atoms with Gasteiger partial charge in [-0.15, -0.1) is 0 Å². The van der Waals surface area contributed by atoms with Crippen LogP contribution in [0.4, 0.5) is 0 Å². The van der Waals surface area contributed by atoms with E-state index >= 15 is 0 Å². The lowest BCUT2D eigenvalue weighted by atomic mass is 9.81. The third kappa shape index (κ3) is 2.15. The number of rotatable bonds is 3. The molecule has 1 N–H and O–H groups in total. The van der Waals surface area contributed by atoms with Gasteiger partial charge >= 0.3 is 5.97 Å². The van der Waals surface area contributed by atoms with Crippen LogP contribution in [0.3, 0.4) is 0 Å². The van der Waals surface area contributed by atoms with Crippen molar-refractivity contribution in [2.75, 3.05) is 13.1 Å². The van der Waals surface area contributed by atoms with Gasteiger partial charge in [-0.3, -0.25) is 14.6 Å². The van der Waals surface area contributed by atoms with Gasteiger partial charge in [-0.1, -0.05) is 0 Å². The van der Waals surface area contributed by atoms with Crippen LogP contribution in [0.1, 0.15) is 36.2 Å². The van der Waals surface area contributed by atoms with E-state index in [1.807, 2.05) is 0 Å². The summed E-state index contributed by atoms with van der Waals surface area (Å²) in [7, 11) is 0. The summed E-state index contributed by atoms with van der Waals surface area (Å²) in [5.41, 5.74) is -0.146. The summed E-state index contributed by atoms with van der Waals surface area (Å²) in [5, 5.41) is 9.31. The van der Waals surface area contributed by atoms with Crippen molar-refractivity contribution in [2.24, 2.45) is 11.3 Å². The molecule has 1 aromatic rings. The summed E-state index contributed by atoms with van der Waals surface area (Å²) in [6.45, 7) is 1.21. The number of hydrogen-bond acceptors (Lipinski definition) is 4. The van der Waals surface area contributed by atoms with Gasteiger partial charge < -0.3 is 10.0 Å². The van der Waals surface area contributed by atoms with Crippen LogP contribution in [0, 0.1) is 11.3 Å². The standard InChI is InChI=1S/C14H17N3O3/c18-12(11-9-15-5-6-16-11)17-7-1-10(2-8-17)14(3-4-14)13(19)20/h5-6,9-10H,1-4,7-8H2,(H,19,20). The molecule has 0 radical (unpaired) electrons. The highest BCUT2D eigenvalue weighted by atomic mass is 16.4. The Hall–Kier alpha value is -1.98. The van der Waals surface area contributed by atoms with Gasteiger partial charge in [-0.25, -0.2) is 4.98 Å². The molecule has 2 heterocycles. The van der Waals surface area contributed by atoms with Crippen LogP contribution in [-0.2, 0) is 4.79 Å². The normalized spacial score (nSPS) is 21.5. The fourth-order valence-corrected chi connectivity index (χ4v) is 3.14. The van der Waals surface area contributed by atoms with E-state index in [2.05, 4.69) is 9.97 Å². The molecule has 1 aromatic heterocycles. The number of likely N-dealkylation sites (tertiary alicyclic amines) is 1. The second kappa shape index (κ2) is 4.85. The number of aromatic nitrogens is 2. The third-order valence-corrected chi connectivity index (χ3v) is 4.56. The second-order valence-electron chi connectivity index (χ2n) is 5.62. The van der Waals surface area contributed by atoms with Crippen molar-refractivity contribution in [1.29, 1.82) is 0 Å². The Kier molecular flexibility index (Phi) is 3.16. The Labute approximate surface area is 116 Å². The summed E-state index contributed by atoms with van der Waals surface area (Å²) in [4.78, 5) is 33.2. The molecule has 6 heteroatoms. The van der Waals surface area contributed by atoms with Crippen molar-refractivity contribution in [3.05, 3.63) is 24.3 Å². The largest absolute Gasteiger partial charge is 0.481 e. The maximum atomic E-state index is 12.2. The number of carboxylic acids is 1. The molecule has 2 aliphatic rings. The van der Waals surface area contributed by atoms with Gasteiger partial charge in [0.05, 0.1) is 11.6 Å². The highest BCUT2D eigenvalue weighted by Gasteiger charge is 2.56. The molecule has 0 aromatic carbocycles. The van der Waals surface area contributed by atoms with Gasteiger partial charge in [0.2, 0.25) is 0 Å². The molecule has 0 unspecified atom stereocenters. The van der Waals surface area contributed by atoms with E-state index in [1.165, 1.54) is 18.6 Å². The number of nitrogens with zero attached hydrogens (tertiary/aromatic N) is 3. The molecule has 2 fully saturated rings. The van der Waals surface area contributed by atoms with E-state index in [0.29, 0.717) is 18.8 Å². The smallest absolute Gasteiger partial charge is 0.309 e. The molecule has 6 nitrogen and oxygen atoms in total. The van der Waals surface area contributed by atoms with Crippen molar-refractivity contribution >= 4 is 11.9 Å². The van der Waals surface area contributed by atoms with Crippen molar-refractivity contribution in [1.82, 2.24) is 14.9 Å². The zero-order valence-electron chi connectivity index (χ0n) is 11.2. The molecule has 1 saturated carbocycles. The lowest BCUT2D eigenvalue weighted by molar-refractivity contribution is -0.146. The Balaban J connectivity index is 1.62. The van der Waals surface area contributed by atoms with Gasteiger partial charge in [0, 0.05) is 25.5 Å². The Morgan fingerprint density at radius 3 is 2.45 bits per heavy atom. The number of carbonyl (C=O) groups excluding carboxylic acids is 1. The molecule has 1 saturated heterocycles. The number of piperidine rings is 1. The molecule has 1 aliphatic carbocycles. The van der Waals surface area contributed by atoms with Gasteiger partial charge in [-0.2, -0.15) is 0 Å². The molecule has 0 spiro atoms. The molecule has 0 atom stereocenters. The average Bonchev–Trinajstić information content (AvgIpc) is 3.29. The Bertz CT molecular complexity index is 520. The minimum Gasteiger partial charge on any atom is -0.481 e. The maximum Gasteiger partial charge on any atom is 0.309 e. The summed E-state index contributed by atoms with van der Waals surface area (Å²) in [5.74, 6) is -0.584. The minimum atomic E-state index is -0.670. The monoisotopic (exact) mass is 275 g/mol. The number of hydrogen-bond donors (Lipinski definition) is 1. The Morgan fingerprint density at radius 2 is 1.95 bits per heavy atom. The van der Waals surface area contributed by atoms with Crippen LogP contribution in [0.25, 0.3) is 0 Å². The van der Waals surface area contributed by atoms with E-state index < -0.39 is 11.4 Å². The lowest BCUT2D eigenvalue weighted by Crippen LogP contribution is -2.42. The van der Waals surface area contributed by atoms with E-state index in [-0.39, 0.29) is 11.8 Å². The van der Waals surface area contributed by atoms with Crippen LogP contribution < -0.4 is 0 Å². The first-order chi connectivity index (χ1) is 9.63. The molecule has 106 valence electrons. The van der Waals surface area contributed by atoms with E-state index in [4.69, 9.17) is 0 Å². The van der Waals surface area contributed by atoms with Gasteiger partial charge in [0.25, 0.3) is 5.91 Å². The minimum absolute atomic E-state index is 0.114. The summed E-state index contributed by atoms with van der Waals surface area (Å²) in [6.07, 6.45) is 7.59. The first kappa shape index (κ1) is 13.0. The van der Waals surface area contributed by atoms with Crippen molar-refractivity contribution in [2.45, 2.75) is 25.7 Å². The quantitative estimate of drug-likeness (QED) is 0.896. The van der Waals surface area contributed by atoms with Crippen molar-refractivity contribution < 1.29 is 14.7 Å². The Morgan fingerprint density at radius 1 is 1.25 bits per heavy atom. The predicted octanol–water partition coefficient (Wildman–Crippen LogP) is 1.19. The van der Waals surface area contributed by atoms with Gasteiger partial charge in [-0.05, 0) is 31.6 Å². The summed E-state index contributed by atoms with van der Waals surface area (Å²) in [6, 6.07) is 0. The van der Waals surface area contributed by atoms with Crippen LogP contribution in [0.15, 0.2) is 18.6 Å². The summed E-state index contributed by atoms with van der Waals surface area (Å²) < 4.78 is 0. The maximum absolute atomic E-state index is 12.2.